The minimum absolute atomic E-state index is 0.0732. The first-order valence-electron chi connectivity index (χ1n) is 8.42. The molecule has 0 spiro atoms. The topological polar surface area (TPSA) is 90.9 Å². The second kappa shape index (κ2) is 7.74. The zero-order chi connectivity index (χ0) is 18.6. The zero-order valence-corrected chi connectivity index (χ0v) is 15.3. The van der Waals surface area contributed by atoms with Crippen LogP contribution in [0.4, 0.5) is 10.5 Å². The van der Waals surface area contributed by atoms with Gasteiger partial charge in [0.2, 0.25) is 5.91 Å². The molecule has 138 valence electrons. The van der Waals surface area contributed by atoms with E-state index < -0.39 is 6.04 Å². The van der Waals surface area contributed by atoms with E-state index >= 15 is 0 Å². The summed E-state index contributed by atoms with van der Waals surface area (Å²) < 4.78 is 5.34. The van der Waals surface area contributed by atoms with E-state index in [4.69, 9.17) is 4.74 Å². The SMILES string of the molecule is COc1ccc(C(C)(C)C)cc1NC(=O)N1CCNC(=O)C1CCO. The summed E-state index contributed by atoms with van der Waals surface area (Å²) in [6.07, 6.45) is 0.207. The Morgan fingerprint density at radius 2 is 2.16 bits per heavy atom. The van der Waals surface area contributed by atoms with Gasteiger partial charge in [0, 0.05) is 19.7 Å². The van der Waals surface area contributed by atoms with Gasteiger partial charge in [0.25, 0.3) is 0 Å². The number of anilines is 1. The molecule has 3 amide bonds. The van der Waals surface area contributed by atoms with Crippen LogP contribution >= 0.6 is 0 Å². The monoisotopic (exact) mass is 349 g/mol. The number of benzene rings is 1. The van der Waals surface area contributed by atoms with Gasteiger partial charge in [0.1, 0.15) is 11.8 Å². The lowest BCUT2D eigenvalue weighted by atomic mass is 9.87. The number of hydrogen-bond donors (Lipinski definition) is 3. The number of ether oxygens (including phenoxy) is 1. The maximum atomic E-state index is 12.7. The van der Waals surface area contributed by atoms with E-state index in [1.54, 1.807) is 7.11 Å². The fourth-order valence-electron chi connectivity index (χ4n) is 2.83. The molecule has 1 fully saturated rings. The van der Waals surface area contributed by atoms with Crippen LogP contribution in [-0.2, 0) is 10.2 Å². The van der Waals surface area contributed by atoms with Crippen molar-refractivity contribution in [2.75, 3.05) is 32.1 Å². The van der Waals surface area contributed by atoms with Crippen molar-refractivity contribution in [1.29, 1.82) is 0 Å². The standard InChI is InChI=1S/C18H27N3O4/c1-18(2,3)12-5-6-15(25-4)13(11-12)20-17(24)21-9-8-19-16(23)14(21)7-10-22/h5-6,11,14,22H,7-10H2,1-4H3,(H,19,23)(H,20,24). The second-order valence-electron chi connectivity index (χ2n) is 7.11. The van der Waals surface area contributed by atoms with Crippen molar-refractivity contribution in [2.24, 2.45) is 0 Å². The van der Waals surface area contributed by atoms with Gasteiger partial charge >= 0.3 is 6.03 Å². The number of amides is 3. The van der Waals surface area contributed by atoms with Gasteiger partial charge in [0.05, 0.1) is 12.8 Å². The molecule has 7 nitrogen and oxygen atoms in total. The number of carbonyl (C=O) groups excluding carboxylic acids is 2. The van der Waals surface area contributed by atoms with Gasteiger partial charge in [-0.25, -0.2) is 4.79 Å². The van der Waals surface area contributed by atoms with E-state index in [9.17, 15) is 14.7 Å². The normalized spacial score (nSPS) is 17.9. The highest BCUT2D eigenvalue weighted by Gasteiger charge is 2.33. The third-order valence-electron chi connectivity index (χ3n) is 4.30. The van der Waals surface area contributed by atoms with Gasteiger partial charge in [-0.2, -0.15) is 0 Å². The molecule has 2 rings (SSSR count). The number of carbonyl (C=O) groups is 2. The lowest BCUT2D eigenvalue weighted by molar-refractivity contribution is -0.128. The van der Waals surface area contributed by atoms with Crippen molar-refractivity contribution in [1.82, 2.24) is 10.2 Å². The lowest BCUT2D eigenvalue weighted by Crippen LogP contribution is -2.58. The summed E-state index contributed by atoms with van der Waals surface area (Å²) in [4.78, 5) is 26.2. The van der Waals surface area contributed by atoms with Gasteiger partial charge in [-0.15, -0.1) is 0 Å². The van der Waals surface area contributed by atoms with Crippen molar-refractivity contribution in [2.45, 2.75) is 38.6 Å². The molecule has 1 heterocycles. The summed E-state index contributed by atoms with van der Waals surface area (Å²) in [5, 5.41) is 14.7. The highest BCUT2D eigenvalue weighted by Crippen LogP contribution is 2.31. The summed E-state index contributed by atoms with van der Waals surface area (Å²) in [6, 6.07) is 4.64. The molecule has 1 aliphatic rings. The fraction of sp³-hybridized carbons (Fsp3) is 0.556. The van der Waals surface area contributed by atoms with E-state index in [0.29, 0.717) is 24.5 Å². The Bertz CT molecular complexity index is 640. The number of aliphatic hydroxyl groups excluding tert-OH is 1. The quantitative estimate of drug-likeness (QED) is 0.772. The van der Waals surface area contributed by atoms with Crippen molar-refractivity contribution >= 4 is 17.6 Å². The number of urea groups is 1. The van der Waals surface area contributed by atoms with E-state index in [2.05, 4.69) is 31.4 Å². The number of hydrogen-bond acceptors (Lipinski definition) is 4. The Kier molecular flexibility index (Phi) is 5.89. The van der Waals surface area contributed by atoms with Crippen LogP contribution in [0.3, 0.4) is 0 Å². The Labute approximate surface area is 148 Å². The van der Waals surface area contributed by atoms with Crippen LogP contribution in [0.2, 0.25) is 0 Å². The largest absolute Gasteiger partial charge is 0.495 e. The third-order valence-corrected chi connectivity index (χ3v) is 4.30. The maximum absolute atomic E-state index is 12.7. The molecule has 25 heavy (non-hydrogen) atoms. The number of aliphatic hydroxyl groups is 1. The average Bonchev–Trinajstić information content (AvgIpc) is 2.56. The number of nitrogens with one attached hydrogen (secondary N) is 2. The minimum Gasteiger partial charge on any atom is -0.495 e. The van der Waals surface area contributed by atoms with Crippen LogP contribution in [0.5, 0.6) is 5.75 Å². The first-order valence-corrected chi connectivity index (χ1v) is 8.42. The van der Waals surface area contributed by atoms with Crippen LogP contribution in [0.15, 0.2) is 18.2 Å². The summed E-state index contributed by atoms with van der Waals surface area (Å²) in [5.41, 5.74) is 1.55. The molecule has 0 bridgehead atoms. The van der Waals surface area contributed by atoms with Crippen molar-refractivity contribution in [3.8, 4) is 5.75 Å². The predicted molar refractivity (Wildman–Crippen MR) is 95.9 cm³/mol. The van der Waals surface area contributed by atoms with E-state index in [-0.39, 0.29) is 30.4 Å². The van der Waals surface area contributed by atoms with Crippen LogP contribution < -0.4 is 15.4 Å². The van der Waals surface area contributed by atoms with Crippen molar-refractivity contribution in [3.63, 3.8) is 0 Å². The smallest absolute Gasteiger partial charge is 0.322 e. The molecule has 3 N–H and O–H groups in total. The van der Waals surface area contributed by atoms with Crippen LogP contribution in [-0.4, -0.2) is 54.8 Å². The minimum atomic E-state index is -0.671. The number of piperazine rings is 1. The first-order chi connectivity index (χ1) is 11.8. The van der Waals surface area contributed by atoms with Crippen LogP contribution in [0.25, 0.3) is 0 Å². The fourth-order valence-corrected chi connectivity index (χ4v) is 2.83. The van der Waals surface area contributed by atoms with Gasteiger partial charge in [0.15, 0.2) is 0 Å². The summed E-state index contributed by atoms with van der Waals surface area (Å²) >= 11 is 0. The Morgan fingerprint density at radius 3 is 2.76 bits per heavy atom. The zero-order valence-electron chi connectivity index (χ0n) is 15.3. The molecule has 1 atom stereocenters. The molecular weight excluding hydrogens is 322 g/mol. The molecule has 1 saturated heterocycles. The maximum Gasteiger partial charge on any atom is 0.322 e. The molecular formula is C18H27N3O4. The van der Waals surface area contributed by atoms with Crippen LogP contribution in [0.1, 0.15) is 32.8 Å². The van der Waals surface area contributed by atoms with Gasteiger partial charge in [-0.1, -0.05) is 26.8 Å². The van der Waals surface area contributed by atoms with Crippen molar-refractivity contribution in [3.05, 3.63) is 23.8 Å². The Hall–Kier alpha value is -2.28. The van der Waals surface area contributed by atoms with Gasteiger partial charge in [-0.05, 0) is 29.5 Å². The molecule has 1 unspecified atom stereocenters. The van der Waals surface area contributed by atoms with Crippen LogP contribution in [0, 0.1) is 0 Å². The van der Waals surface area contributed by atoms with Crippen molar-refractivity contribution < 1.29 is 19.4 Å². The van der Waals surface area contributed by atoms with E-state index in [1.165, 1.54) is 4.90 Å². The summed E-state index contributed by atoms with van der Waals surface area (Å²) in [6.45, 7) is 6.90. The average molecular weight is 349 g/mol. The van der Waals surface area contributed by atoms with Gasteiger partial charge < -0.3 is 25.4 Å². The molecule has 0 radical (unpaired) electrons. The lowest BCUT2D eigenvalue weighted by Gasteiger charge is -2.35. The highest BCUT2D eigenvalue weighted by molar-refractivity contribution is 5.95. The number of methoxy groups -OCH3 is 1. The number of nitrogens with zero attached hydrogens (tertiary/aromatic N) is 1. The second-order valence-corrected chi connectivity index (χ2v) is 7.11. The molecule has 0 aliphatic carbocycles. The number of rotatable bonds is 4. The Balaban J connectivity index is 2.25. The molecule has 7 heteroatoms. The first kappa shape index (κ1) is 19.1. The third kappa shape index (κ3) is 4.42. The van der Waals surface area contributed by atoms with Gasteiger partial charge in [-0.3, -0.25) is 4.79 Å². The van der Waals surface area contributed by atoms with E-state index in [0.717, 1.165) is 5.56 Å². The van der Waals surface area contributed by atoms with E-state index in [1.807, 2.05) is 18.2 Å². The predicted octanol–water partition coefficient (Wildman–Crippen LogP) is 1.71. The Morgan fingerprint density at radius 1 is 1.44 bits per heavy atom. The molecule has 1 aromatic carbocycles. The summed E-state index contributed by atoms with van der Waals surface area (Å²) in [7, 11) is 1.55. The molecule has 1 aliphatic heterocycles. The summed E-state index contributed by atoms with van der Waals surface area (Å²) in [5.74, 6) is 0.312. The highest BCUT2D eigenvalue weighted by atomic mass is 16.5. The molecule has 1 aromatic rings. The molecule has 0 aromatic heterocycles. The molecule has 0 saturated carbocycles.